The van der Waals surface area contributed by atoms with Gasteiger partial charge in [0.25, 0.3) is 11.7 Å². The lowest BCUT2D eigenvalue weighted by molar-refractivity contribution is -0.0716. The van der Waals surface area contributed by atoms with Crippen molar-refractivity contribution >= 4 is 11.6 Å². The Bertz CT molecular complexity index is 924. The molecule has 31 heavy (non-hydrogen) atoms. The van der Waals surface area contributed by atoms with Crippen LogP contribution in [-0.2, 0) is 0 Å². The first kappa shape index (κ1) is 21.2. The van der Waals surface area contributed by atoms with Gasteiger partial charge in [-0.05, 0) is 57.9 Å². The molecule has 2 aliphatic rings. The molecule has 2 aromatic rings. The van der Waals surface area contributed by atoms with E-state index in [9.17, 15) is 4.79 Å². The average Bonchev–Trinajstić information content (AvgIpc) is 3.35. The molecule has 0 bridgehead atoms. The number of hydrogen-bond donors (Lipinski definition) is 1. The van der Waals surface area contributed by atoms with Crippen LogP contribution in [0.15, 0.2) is 30.3 Å². The zero-order chi connectivity index (χ0) is 21.8. The number of rotatable bonds is 8. The van der Waals surface area contributed by atoms with Gasteiger partial charge in [0, 0.05) is 30.2 Å². The van der Waals surface area contributed by atoms with Gasteiger partial charge in [0.2, 0.25) is 5.75 Å². The minimum absolute atomic E-state index is 0.278. The third-order valence-electron chi connectivity index (χ3n) is 5.33. The van der Waals surface area contributed by atoms with Gasteiger partial charge in [0.1, 0.15) is 0 Å². The van der Waals surface area contributed by atoms with E-state index in [2.05, 4.69) is 5.32 Å². The van der Waals surface area contributed by atoms with Gasteiger partial charge in [-0.3, -0.25) is 4.79 Å². The predicted octanol–water partition coefficient (Wildman–Crippen LogP) is 5.18. The second-order valence-electron chi connectivity index (χ2n) is 7.54. The summed E-state index contributed by atoms with van der Waals surface area (Å²) < 4.78 is 29.3. The molecular weight excluding hydrogens is 398 g/mol. The number of amides is 1. The second-order valence-corrected chi connectivity index (χ2v) is 7.54. The van der Waals surface area contributed by atoms with Crippen LogP contribution in [0.4, 0.5) is 5.69 Å². The quantitative estimate of drug-likeness (QED) is 0.626. The van der Waals surface area contributed by atoms with Crippen LogP contribution in [0.2, 0.25) is 0 Å². The van der Waals surface area contributed by atoms with E-state index in [0.29, 0.717) is 54.1 Å². The summed E-state index contributed by atoms with van der Waals surface area (Å²) in [5.41, 5.74) is 1.05. The molecule has 0 atom stereocenters. The van der Waals surface area contributed by atoms with Gasteiger partial charge in [0.05, 0.1) is 19.8 Å². The van der Waals surface area contributed by atoms with Crippen molar-refractivity contribution < 1.29 is 28.5 Å². The summed E-state index contributed by atoms with van der Waals surface area (Å²) >= 11 is 0. The smallest absolute Gasteiger partial charge is 0.255 e. The molecule has 7 nitrogen and oxygen atoms in total. The summed E-state index contributed by atoms with van der Waals surface area (Å²) in [7, 11) is 0. The summed E-state index contributed by atoms with van der Waals surface area (Å²) in [6, 6.07) is 8.81. The van der Waals surface area contributed by atoms with Crippen LogP contribution in [0.3, 0.4) is 0 Å². The number of nitrogens with one attached hydrogen (secondary N) is 1. The van der Waals surface area contributed by atoms with E-state index >= 15 is 0 Å². The Hall–Kier alpha value is -3.09. The SMILES string of the molecule is CCOc1cc(C(=O)Nc2ccc3c(c2)OC2(CCCC2)O3)cc(OCC)c1OCC. The Kier molecular flexibility index (Phi) is 6.11. The molecule has 1 spiro atoms. The fourth-order valence-corrected chi connectivity index (χ4v) is 4.01. The van der Waals surface area contributed by atoms with Crippen LogP contribution in [-0.4, -0.2) is 31.5 Å². The van der Waals surface area contributed by atoms with Crippen molar-refractivity contribution in [3.05, 3.63) is 35.9 Å². The number of anilines is 1. The summed E-state index contributed by atoms with van der Waals surface area (Å²) in [5.74, 6) is 2.05. The molecule has 1 fully saturated rings. The predicted molar refractivity (Wildman–Crippen MR) is 117 cm³/mol. The first-order chi connectivity index (χ1) is 15.1. The van der Waals surface area contributed by atoms with E-state index in [1.807, 2.05) is 39.0 Å². The van der Waals surface area contributed by atoms with E-state index in [1.54, 1.807) is 12.1 Å². The van der Waals surface area contributed by atoms with Crippen molar-refractivity contribution in [2.45, 2.75) is 52.2 Å². The van der Waals surface area contributed by atoms with Crippen LogP contribution < -0.4 is 29.0 Å². The third kappa shape index (κ3) is 4.36. The van der Waals surface area contributed by atoms with Crippen molar-refractivity contribution in [3.8, 4) is 28.7 Å². The Labute approximate surface area is 182 Å². The van der Waals surface area contributed by atoms with Crippen molar-refractivity contribution in [3.63, 3.8) is 0 Å². The van der Waals surface area contributed by atoms with Crippen molar-refractivity contribution in [2.24, 2.45) is 0 Å². The van der Waals surface area contributed by atoms with Crippen LogP contribution in [0.5, 0.6) is 28.7 Å². The maximum atomic E-state index is 13.0. The molecule has 0 radical (unpaired) electrons. The topological polar surface area (TPSA) is 75.3 Å². The molecule has 4 rings (SSSR count). The second kappa shape index (κ2) is 8.96. The van der Waals surface area contributed by atoms with E-state index in [1.165, 1.54) is 0 Å². The maximum absolute atomic E-state index is 13.0. The van der Waals surface area contributed by atoms with Crippen molar-refractivity contribution in [2.75, 3.05) is 25.1 Å². The monoisotopic (exact) mass is 427 g/mol. The van der Waals surface area contributed by atoms with Crippen LogP contribution >= 0.6 is 0 Å². The Morgan fingerprint density at radius 2 is 1.52 bits per heavy atom. The van der Waals surface area contributed by atoms with Crippen molar-refractivity contribution in [1.82, 2.24) is 0 Å². The maximum Gasteiger partial charge on any atom is 0.255 e. The van der Waals surface area contributed by atoms with Crippen LogP contribution in [0, 0.1) is 0 Å². The summed E-state index contributed by atoms with van der Waals surface area (Å²) in [6.07, 6.45) is 3.96. The largest absolute Gasteiger partial charge is 0.490 e. The minimum atomic E-state index is -0.529. The van der Waals surface area contributed by atoms with Crippen LogP contribution in [0.1, 0.15) is 56.8 Å². The van der Waals surface area contributed by atoms with Gasteiger partial charge in [-0.1, -0.05) is 0 Å². The Morgan fingerprint density at radius 1 is 0.903 bits per heavy atom. The van der Waals surface area contributed by atoms with Gasteiger partial charge in [-0.25, -0.2) is 0 Å². The van der Waals surface area contributed by atoms with E-state index in [4.69, 9.17) is 23.7 Å². The number of benzene rings is 2. The number of carbonyl (C=O) groups excluding carboxylic acids is 1. The highest BCUT2D eigenvalue weighted by molar-refractivity contribution is 6.05. The zero-order valence-electron chi connectivity index (χ0n) is 18.3. The zero-order valence-corrected chi connectivity index (χ0v) is 18.3. The Balaban J connectivity index is 1.56. The molecule has 0 aromatic heterocycles. The molecule has 0 unspecified atom stereocenters. The molecule has 1 aliphatic carbocycles. The van der Waals surface area contributed by atoms with Gasteiger partial charge in [0.15, 0.2) is 23.0 Å². The molecular formula is C24H29NO6. The van der Waals surface area contributed by atoms with Gasteiger partial charge >= 0.3 is 0 Å². The van der Waals surface area contributed by atoms with Gasteiger partial charge in [-0.2, -0.15) is 0 Å². The van der Waals surface area contributed by atoms with E-state index in [0.717, 1.165) is 31.4 Å². The summed E-state index contributed by atoms with van der Waals surface area (Å²) in [4.78, 5) is 13.0. The fourth-order valence-electron chi connectivity index (χ4n) is 4.01. The lowest BCUT2D eigenvalue weighted by Gasteiger charge is -2.21. The van der Waals surface area contributed by atoms with Crippen LogP contribution in [0.25, 0.3) is 0 Å². The normalized spacial score (nSPS) is 15.7. The molecule has 1 aliphatic heterocycles. The Morgan fingerprint density at radius 3 is 2.13 bits per heavy atom. The molecule has 1 N–H and O–H groups in total. The molecule has 2 aromatic carbocycles. The van der Waals surface area contributed by atoms with E-state index in [-0.39, 0.29) is 5.91 Å². The molecule has 7 heteroatoms. The summed E-state index contributed by atoms with van der Waals surface area (Å²) in [6.45, 7) is 7.01. The first-order valence-corrected chi connectivity index (χ1v) is 11.0. The van der Waals surface area contributed by atoms with E-state index < -0.39 is 5.79 Å². The highest BCUT2D eigenvalue weighted by Gasteiger charge is 2.44. The number of fused-ring (bicyclic) bond motifs is 1. The molecule has 1 saturated carbocycles. The highest BCUT2D eigenvalue weighted by atomic mass is 16.7. The molecule has 1 heterocycles. The van der Waals surface area contributed by atoms with Gasteiger partial charge < -0.3 is 29.0 Å². The molecule has 166 valence electrons. The number of ether oxygens (including phenoxy) is 5. The first-order valence-electron chi connectivity index (χ1n) is 11.0. The molecule has 0 saturated heterocycles. The standard InChI is InChI=1S/C24H29NO6/c1-4-27-20-13-16(14-21(28-5-2)22(20)29-6-3)23(26)25-17-9-10-18-19(15-17)31-24(30-18)11-7-8-12-24/h9-10,13-15H,4-8,11-12H2,1-3H3,(H,25,26). The third-order valence-corrected chi connectivity index (χ3v) is 5.33. The minimum Gasteiger partial charge on any atom is -0.490 e. The number of hydrogen-bond acceptors (Lipinski definition) is 6. The fraction of sp³-hybridized carbons (Fsp3) is 0.458. The lowest BCUT2D eigenvalue weighted by Crippen LogP contribution is -2.34. The molecule has 1 amide bonds. The summed E-state index contributed by atoms with van der Waals surface area (Å²) in [5, 5.41) is 2.93. The average molecular weight is 427 g/mol. The van der Waals surface area contributed by atoms with Gasteiger partial charge in [-0.15, -0.1) is 0 Å². The lowest BCUT2D eigenvalue weighted by atomic mass is 10.1. The highest BCUT2D eigenvalue weighted by Crippen LogP contribution is 2.47. The number of carbonyl (C=O) groups is 1. The van der Waals surface area contributed by atoms with Crippen molar-refractivity contribution in [1.29, 1.82) is 0 Å².